The van der Waals surface area contributed by atoms with E-state index in [1.807, 2.05) is 25.1 Å². The molecule has 1 rings (SSSR count). The van der Waals surface area contributed by atoms with Crippen LogP contribution >= 0.6 is 0 Å². The van der Waals surface area contributed by atoms with Crippen molar-refractivity contribution in [3.63, 3.8) is 0 Å². The Labute approximate surface area is 104 Å². The molecule has 0 atom stereocenters. The number of aliphatic hydroxyl groups excluding tert-OH is 1. The molecule has 0 heterocycles. The Morgan fingerprint density at radius 3 is 2.59 bits per heavy atom. The van der Waals surface area contributed by atoms with Crippen molar-refractivity contribution in [1.82, 2.24) is 0 Å². The van der Waals surface area contributed by atoms with Gasteiger partial charge in [-0.25, -0.2) is 0 Å². The molecule has 0 aromatic heterocycles. The third-order valence-corrected chi connectivity index (χ3v) is 2.64. The van der Waals surface area contributed by atoms with Crippen molar-refractivity contribution >= 4 is 0 Å². The molecule has 0 bridgehead atoms. The summed E-state index contributed by atoms with van der Waals surface area (Å²) in [6.07, 6.45) is 2.20. The van der Waals surface area contributed by atoms with E-state index in [1.165, 1.54) is 0 Å². The number of aliphatic hydroxyl groups is 1. The Kier molecular flexibility index (Phi) is 5.59. The molecule has 0 radical (unpaired) electrons. The molecule has 0 saturated carbocycles. The first-order valence-electron chi connectivity index (χ1n) is 6.08. The van der Waals surface area contributed by atoms with E-state index in [1.54, 1.807) is 0 Å². The van der Waals surface area contributed by atoms with Gasteiger partial charge < -0.3 is 9.84 Å². The summed E-state index contributed by atoms with van der Waals surface area (Å²) < 4.78 is 5.91. The summed E-state index contributed by atoms with van der Waals surface area (Å²) in [7, 11) is 0. The highest BCUT2D eigenvalue weighted by atomic mass is 16.5. The Morgan fingerprint density at radius 2 is 2.00 bits per heavy atom. The molecule has 0 aliphatic rings. The molecule has 1 N–H and O–H groups in total. The SMILES string of the molecule is CCC(CC)Oc1ccc(C)cc1C#CCO. The zero-order chi connectivity index (χ0) is 12.7. The second kappa shape index (κ2) is 6.98. The molecule has 0 aliphatic carbocycles. The van der Waals surface area contributed by atoms with Gasteiger partial charge in [-0.3, -0.25) is 0 Å². The average Bonchev–Trinajstić information content (AvgIpc) is 2.35. The molecule has 1 aromatic rings. The highest BCUT2D eigenvalue weighted by Gasteiger charge is 2.08. The Morgan fingerprint density at radius 1 is 1.29 bits per heavy atom. The maximum absolute atomic E-state index is 8.75. The Balaban J connectivity index is 2.97. The van der Waals surface area contributed by atoms with Crippen LogP contribution in [0.5, 0.6) is 5.75 Å². The summed E-state index contributed by atoms with van der Waals surface area (Å²) in [4.78, 5) is 0. The first kappa shape index (κ1) is 13.6. The monoisotopic (exact) mass is 232 g/mol. The van der Waals surface area contributed by atoms with Crippen LogP contribution in [0.2, 0.25) is 0 Å². The van der Waals surface area contributed by atoms with Gasteiger partial charge in [0.15, 0.2) is 0 Å². The molecule has 0 fully saturated rings. The largest absolute Gasteiger partial charge is 0.489 e. The lowest BCUT2D eigenvalue weighted by Gasteiger charge is -2.17. The zero-order valence-corrected chi connectivity index (χ0v) is 10.8. The van der Waals surface area contributed by atoms with Crippen LogP contribution in [0.1, 0.15) is 37.8 Å². The summed E-state index contributed by atoms with van der Waals surface area (Å²) in [6.45, 7) is 6.12. The molecule has 2 nitrogen and oxygen atoms in total. The van der Waals surface area contributed by atoms with E-state index in [9.17, 15) is 0 Å². The number of hydrogen-bond acceptors (Lipinski definition) is 2. The molecular formula is C15H20O2. The third-order valence-electron chi connectivity index (χ3n) is 2.64. The van der Waals surface area contributed by atoms with E-state index < -0.39 is 0 Å². The zero-order valence-electron chi connectivity index (χ0n) is 10.8. The summed E-state index contributed by atoms with van der Waals surface area (Å²) in [5, 5.41) is 8.75. The van der Waals surface area contributed by atoms with Gasteiger partial charge in [-0.15, -0.1) is 0 Å². The molecule has 0 saturated heterocycles. The summed E-state index contributed by atoms with van der Waals surface area (Å²) in [5.74, 6) is 6.41. The quantitative estimate of drug-likeness (QED) is 0.809. The van der Waals surface area contributed by atoms with Gasteiger partial charge in [0.2, 0.25) is 0 Å². The van der Waals surface area contributed by atoms with Crippen molar-refractivity contribution in [2.24, 2.45) is 0 Å². The fourth-order valence-corrected chi connectivity index (χ4v) is 1.61. The van der Waals surface area contributed by atoms with Crippen LogP contribution in [0, 0.1) is 18.8 Å². The number of ether oxygens (including phenoxy) is 1. The predicted octanol–water partition coefficient (Wildman–Crippen LogP) is 2.91. The maximum atomic E-state index is 8.75. The minimum Gasteiger partial charge on any atom is -0.489 e. The molecule has 1 aromatic carbocycles. The molecule has 0 spiro atoms. The van der Waals surface area contributed by atoms with E-state index in [0.717, 1.165) is 29.7 Å². The topological polar surface area (TPSA) is 29.5 Å². The van der Waals surface area contributed by atoms with E-state index in [-0.39, 0.29) is 12.7 Å². The fourth-order valence-electron chi connectivity index (χ4n) is 1.61. The van der Waals surface area contributed by atoms with Gasteiger partial charge in [0.1, 0.15) is 12.4 Å². The van der Waals surface area contributed by atoms with Crippen LogP contribution in [-0.4, -0.2) is 17.8 Å². The van der Waals surface area contributed by atoms with Crippen molar-refractivity contribution in [2.75, 3.05) is 6.61 Å². The molecule has 0 aliphatic heterocycles. The molecule has 0 unspecified atom stereocenters. The Hall–Kier alpha value is -1.46. The lowest BCUT2D eigenvalue weighted by atomic mass is 10.1. The van der Waals surface area contributed by atoms with Gasteiger partial charge in [0.25, 0.3) is 0 Å². The molecule has 2 heteroatoms. The van der Waals surface area contributed by atoms with E-state index >= 15 is 0 Å². The molecule has 92 valence electrons. The first-order valence-corrected chi connectivity index (χ1v) is 6.08. The second-order valence-corrected chi connectivity index (χ2v) is 4.02. The van der Waals surface area contributed by atoms with Gasteiger partial charge in [-0.05, 0) is 37.5 Å². The lowest BCUT2D eigenvalue weighted by molar-refractivity contribution is 0.192. The summed E-state index contributed by atoms with van der Waals surface area (Å²) >= 11 is 0. The summed E-state index contributed by atoms with van der Waals surface area (Å²) in [5.41, 5.74) is 2.00. The molecule has 17 heavy (non-hydrogen) atoms. The number of benzene rings is 1. The average molecular weight is 232 g/mol. The van der Waals surface area contributed by atoms with Gasteiger partial charge in [-0.1, -0.05) is 31.8 Å². The first-order chi connectivity index (χ1) is 8.21. The van der Waals surface area contributed by atoms with Gasteiger partial charge >= 0.3 is 0 Å². The maximum Gasteiger partial charge on any atom is 0.135 e. The normalized spacial score (nSPS) is 9.94. The minimum absolute atomic E-state index is 0.127. The number of aryl methyl sites for hydroxylation is 1. The third kappa shape index (κ3) is 4.13. The highest BCUT2D eigenvalue weighted by molar-refractivity contribution is 5.48. The lowest BCUT2D eigenvalue weighted by Crippen LogP contribution is -2.14. The van der Waals surface area contributed by atoms with Crippen LogP contribution in [0.4, 0.5) is 0 Å². The van der Waals surface area contributed by atoms with Crippen LogP contribution in [0.25, 0.3) is 0 Å². The standard InChI is InChI=1S/C15H20O2/c1-4-14(5-2)17-15-9-8-12(3)11-13(15)7-6-10-16/h8-9,11,14,16H,4-5,10H2,1-3H3. The van der Waals surface area contributed by atoms with Crippen LogP contribution < -0.4 is 4.74 Å². The van der Waals surface area contributed by atoms with Crippen LogP contribution in [-0.2, 0) is 0 Å². The van der Waals surface area contributed by atoms with E-state index in [0.29, 0.717) is 0 Å². The fraction of sp³-hybridized carbons (Fsp3) is 0.467. The smallest absolute Gasteiger partial charge is 0.135 e. The number of hydrogen-bond donors (Lipinski definition) is 1. The molecule has 0 amide bonds. The van der Waals surface area contributed by atoms with Crippen molar-refractivity contribution in [3.05, 3.63) is 29.3 Å². The summed E-state index contributed by atoms with van der Waals surface area (Å²) in [6, 6.07) is 5.96. The second-order valence-electron chi connectivity index (χ2n) is 4.02. The van der Waals surface area contributed by atoms with Gasteiger partial charge in [0.05, 0.1) is 11.7 Å². The molecular weight excluding hydrogens is 212 g/mol. The Bertz CT molecular complexity index is 409. The van der Waals surface area contributed by atoms with Crippen molar-refractivity contribution in [2.45, 2.75) is 39.7 Å². The van der Waals surface area contributed by atoms with Crippen molar-refractivity contribution in [1.29, 1.82) is 0 Å². The van der Waals surface area contributed by atoms with Crippen molar-refractivity contribution in [3.8, 4) is 17.6 Å². The van der Waals surface area contributed by atoms with E-state index in [2.05, 4.69) is 25.7 Å². The predicted molar refractivity (Wildman–Crippen MR) is 70.1 cm³/mol. The van der Waals surface area contributed by atoms with E-state index in [4.69, 9.17) is 9.84 Å². The van der Waals surface area contributed by atoms with Crippen LogP contribution in [0.3, 0.4) is 0 Å². The van der Waals surface area contributed by atoms with Gasteiger partial charge in [0, 0.05) is 0 Å². The van der Waals surface area contributed by atoms with Crippen LogP contribution in [0.15, 0.2) is 18.2 Å². The highest BCUT2D eigenvalue weighted by Crippen LogP contribution is 2.21. The minimum atomic E-state index is -0.127. The van der Waals surface area contributed by atoms with Crippen molar-refractivity contribution < 1.29 is 9.84 Å². The van der Waals surface area contributed by atoms with Gasteiger partial charge in [-0.2, -0.15) is 0 Å². The number of rotatable bonds is 4.